The number of nitrogens with zero attached hydrogens (tertiary/aromatic N) is 5. The number of aliphatic hydroxyl groups is 1. The average molecular weight is 587 g/mol. The SMILES string of the molecule is O=C([O-])C1=C(CSc2nnnn2CS(=O)(=O)[O-])CS[C@@H]2C(NC(=O)C(O)c3ccccc3)C(=O)N12.[Na+].[Na+]. The van der Waals surface area contributed by atoms with Gasteiger partial charge < -0.3 is 24.9 Å². The second kappa shape index (κ2) is 13.4. The zero-order chi connectivity index (χ0) is 25.3. The van der Waals surface area contributed by atoms with Gasteiger partial charge in [0.05, 0.1) is 11.7 Å². The summed E-state index contributed by atoms with van der Waals surface area (Å²) in [6, 6.07) is 7.08. The van der Waals surface area contributed by atoms with E-state index in [0.29, 0.717) is 11.1 Å². The van der Waals surface area contributed by atoms with Crippen molar-refractivity contribution in [2.45, 2.75) is 28.6 Å². The molecule has 14 nitrogen and oxygen atoms in total. The van der Waals surface area contributed by atoms with Crippen LogP contribution in [-0.4, -0.2) is 83.9 Å². The number of hydrogen-bond donors (Lipinski definition) is 2. The summed E-state index contributed by atoms with van der Waals surface area (Å²) >= 11 is 2.08. The van der Waals surface area contributed by atoms with Gasteiger partial charge in [0.25, 0.3) is 11.8 Å². The van der Waals surface area contributed by atoms with Crippen molar-refractivity contribution in [2.75, 3.05) is 11.5 Å². The normalized spacial score (nSPS) is 19.6. The topological polar surface area (TPSA) is 211 Å². The standard InChI is InChI=1S/C18H18N6O8S3.2Na/c25-13(9-4-2-1-3-5-9)14(26)19-11-15(27)24-12(17(28)29)10(6-33-16(11)24)7-34-18-20-21-22-23(18)8-35(30,31)32;;/h1-5,11,13,16,25H,6-8H2,(H,19,26)(H,28,29)(H,30,31,32);;/q;2*+1/p-2/t11?,13?,16-;;/m1../s1. The van der Waals surface area contributed by atoms with Gasteiger partial charge in [0.1, 0.15) is 27.4 Å². The fourth-order valence-electron chi connectivity index (χ4n) is 3.48. The fourth-order valence-corrected chi connectivity index (χ4v) is 6.40. The number of aliphatic hydroxyl groups excluding tert-OH is 1. The molecule has 1 saturated heterocycles. The van der Waals surface area contributed by atoms with E-state index in [1.807, 2.05) is 0 Å². The summed E-state index contributed by atoms with van der Waals surface area (Å²) in [6.45, 7) is 0. The third-order valence-corrected chi connectivity index (χ3v) is 8.00. The maximum atomic E-state index is 12.7. The molecular weight excluding hydrogens is 570 g/mol. The smallest absolute Gasteiger partial charge is 0.747 e. The number of tetrazole rings is 1. The Morgan fingerprint density at radius 3 is 2.57 bits per heavy atom. The molecule has 2 aliphatic rings. The van der Waals surface area contributed by atoms with E-state index >= 15 is 0 Å². The van der Waals surface area contributed by atoms with Crippen molar-refractivity contribution in [3.63, 3.8) is 0 Å². The Morgan fingerprint density at radius 1 is 1.27 bits per heavy atom. The Kier molecular flexibility index (Phi) is 11.7. The number of carboxylic acids is 1. The van der Waals surface area contributed by atoms with Crippen LogP contribution in [0.25, 0.3) is 0 Å². The maximum Gasteiger partial charge on any atom is 1.00 e. The van der Waals surface area contributed by atoms with Crippen molar-refractivity contribution in [2.24, 2.45) is 0 Å². The molecule has 2 N–H and O–H groups in total. The maximum absolute atomic E-state index is 12.7. The molecule has 0 bridgehead atoms. The number of hydrogen-bond acceptors (Lipinski definition) is 13. The Bertz CT molecular complexity index is 1310. The summed E-state index contributed by atoms with van der Waals surface area (Å²) in [5, 5.41) is 34.2. The minimum atomic E-state index is -4.66. The zero-order valence-electron chi connectivity index (χ0n) is 19.5. The van der Waals surface area contributed by atoms with Crippen molar-refractivity contribution < 1.29 is 96.7 Å². The first-order valence-electron chi connectivity index (χ1n) is 9.81. The second-order valence-electron chi connectivity index (χ2n) is 7.39. The third kappa shape index (κ3) is 7.36. The predicted molar refractivity (Wildman–Crippen MR) is 117 cm³/mol. The monoisotopic (exact) mass is 586 g/mol. The number of carboxylic acid groups (broad SMARTS) is 1. The number of fused-ring (bicyclic) bond motifs is 1. The van der Waals surface area contributed by atoms with E-state index < -0.39 is 51.3 Å². The van der Waals surface area contributed by atoms with Crippen molar-refractivity contribution >= 4 is 51.4 Å². The fraction of sp³-hybridized carbons (Fsp3) is 0.333. The van der Waals surface area contributed by atoms with Gasteiger partial charge in [-0.1, -0.05) is 42.1 Å². The van der Waals surface area contributed by atoms with Gasteiger partial charge in [0.2, 0.25) is 5.16 Å². The molecule has 3 atom stereocenters. The minimum Gasteiger partial charge on any atom is -0.747 e. The van der Waals surface area contributed by atoms with E-state index in [9.17, 15) is 37.6 Å². The number of rotatable bonds is 9. The van der Waals surface area contributed by atoms with Crippen LogP contribution in [0.4, 0.5) is 0 Å². The van der Waals surface area contributed by atoms with E-state index in [0.717, 1.165) is 21.3 Å². The molecule has 2 aromatic rings. The van der Waals surface area contributed by atoms with E-state index in [1.165, 1.54) is 11.8 Å². The first kappa shape index (κ1) is 32.2. The zero-order valence-corrected chi connectivity index (χ0v) is 26.0. The van der Waals surface area contributed by atoms with E-state index in [2.05, 4.69) is 20.8 Å². The van der Waals surface area contributed by atoms with E-state index in [1.54, 1.807) is 30.3 Å². The number of benzene rings is 1. The number of thioether (sulfide) groups is 2. The number of amides is 2. The molecule has 3 heterocycles. The molecule has 37 heavy (non-hydrogen) atoms. The van der Waals surface area contributed by atoms with Gasteiger partial charge in [-0.25, -0.2) is 13.1 Å². The number of carbonyl (C=O) groups is 3. The molecule has 0 radical (unpaired) electrons. The summed E-state index contributed by atoms with van der Waals surface area (Å²) in [4.78, 5) is 38.0. The van der Waals surface area contributed by atoms with Gasteiger partial charge in [-0.3, -0.25) is 14.5 Å². The van der Waals surface area contributed by atoms with Gasteiger partial charge in [-0.05, 0) is 21.6 Å². The Balaban J connectivity index is 0.00000241. The largest absolute Gasteiger partial charge is 1.00 e. The van der Waals surface area contributed by atoms with Gasteiger partial charge in [-0.2, -0.15) is 0 Å². The first-order chi connectivity index (χ1) is 16.6. The molecule has 186 valence electrons. The van der Waals surface area contributed by atoms with Crippen LogP contribution >= 0.6 is 23.5 Å². The van der Waals surface area contributed by atoms with Crippen molar-refractivity contribution in [3.05, 3.63) is 47.2 Å². The van der Waals surface area contributed by atoms with E-state index in [-0.39, 0.29) is 81.5 Å². The molecule has 0 aliphatic carbocycles. The van der Waals surface area contributed by atoms with E-state index in [4.69, 9.17) is 0 Å². The predicted octanol–water partition coefficient (Wildman–Crippen LogP) is -8.59. The van der Waals surface area contributed by atoms with Crippen molar-refractivity contribution in [1.29, 1.82) is 0 Å². The number of aliphatic carboxylic acids is 1. The summed E-state index contributed by atoms with van der Waals surface area (Å²) in [6.07, 6.45) is -1.50. The Hall–Kier alpha value is -0.990. The molecule has 0 saturated carbocycles. The molecule has 1 fully saturated rings. The summed E-state index contributed by atoms with van der Waals surface area (Å²) in [7, 11) is -4.66. The Morgan fingerprint density at radius 2 is 1.95 bits per heavy atom. The van der Waals surface area contributed by atoms with Crippen LogP contribution in [0.1, 0.15) is 11.7 Å². The molecule has 1 aromatic heterocycles. The quantitative estimate of drug-likeness (QED) is 0.121. The minimum absolute atomic E-state index is 0. The average Bonchev–Trinajstić information content (AvgIpc) is 3.25. The number of aromatic nitrogens is 4. The number of β-lactam (4-membered cyclic amide) rings is 1. The van der Waals surface area contributed by atoms with Crippen LogP contribution in [0.5, 0.6) is 0 Å². The molecule has 19 heteroatoms. The van der Waals surface area contributed by atoms with Crippen LogP contribution in [0, 0.1) is 0 Å². The molecule has 0 spiro atoms. The third-order valence-electron chi connectivity index (χ3n) is 5.06. The molecule has 2 aliphatic heterocycles. The number of carbonyl (C=O) groups excluding carboxylic acids is 3. The first-order valence-corrected chi connectivity index (χ1v) is 13.4. The molecule has 1 aromatic carbocycles. The van der Waals surface area contributed by atoms with Crippen LogP contribution in [0.15, 0.2) is 46.8 Å². The second-order valence-corrected chi connectivity index (χ2v) is 10.8. The summed E-state index contributed by atoms with van der Waals surface area (Å²) < 4.78 is 33.7. The van der Waals surface area contributed by atoms with Crippen LogP contribution in [0.2, 0.25) is 0 Å². The van der Waals surface area contributed by atoms with Gasteiger partial charge in [0, 0.05) is 11.5 Å². The van der Waals surface area contributed by atoms with Gasteiger partial charge in [0.15, 0.2) is 6.10 Å². The van der Waals surface area contributed by atoms with Crippen LogP contribution < -0.4 is 69.5 Å². The van der Waals surface area contributed by atoms with Crippen LogP contribution in [0.3, 0.4) is 0 Å². The summed E-state index contributed by atoms with van der Waals surface area (Å²) in [5.74, 6) is -3.95. The van der Waals surface area contributed by atoms with Crippen LogP contribution in [-0.2, 0) is 30.4 Å². The Labute approximate surface area is 263 Å². The number of nitrogens with one attached hydrogen (secondary N) is 1. The van der Waals surface area contributed by atoms with Crippen molar-refractivity contribution in [1.82, 2.24) is 30.4 Å². The van der Waals surface area contributed by atoms with Gasteiger partial charge in [-0.15, -0.1) is 16.9 Å². The van der Waals surface area contributed by atoms with Crippen molar-refractivity contribution in [3.8, 4) is 0 Å². The molecule has 2 unspecified atom stereocenters. The summed E-state index contributed by atoms with van der Waals surface area (Å²) in [5.41, 5.74) is 0.265. The molecular formula is C18H16N6Na2O8S3. The van der Waals surface area contributed by atoms with Gasteiger partial charge >= 0.3 is 59.1 Å². The molecule has 4 rings (SSSR count). The molecule has 2 amide bonds.